The van der Waals surface area contributed by atoms with Gasteiger partial charge >= 0.3 is 5.97 Å². The Bertz CT molecular complexity index is 1300. The van der Waals surface area contributed by atoms with Gasteiger partial charge in [-0.1, -0.05) is 11.6 Å². The van der Waals surface area contributed by atoms with Gasteiger partial charge in [0.15, 0.2) is 17.1 Å². The summed E-state index contributed by atoms with van der Waals surface area (Å²) in [4.78, 5) is 16.2. The smallest absolute Gasteiger partial charge is 0.337 e. The number of ether oxygens (including phenoxy) is 4. The topological polar surface area (TPSA) is 106 Å². The van der Waals surface area contributed by atoms with Crippen molar-refractivity contribution in [3.63, 3.8) is 0 Å². The second-order valence-electron chi connectivity index (χ2n) is 7.54. The molecule has 0 amide bonds. The largest absolute Gasteiger partial charge is 0.486 e. The predicted octanol–water partition coefficient (Wildman–Crippen LogP) is 3.17. The van der Waals surface area contributed by atoms with Crippen molar-refractivity contribution in [2.24, 2.45) is 0 Å². The van der Waals surface area contributed by atoms with Crippen LogP contribution in [0.5, 0.6) is 11.5 Å². The fourth-order valence-corrected chi connectivity index (χ4v) is 5.01. The van der Waals surface area contributed by atoms with Crippen LogP contribution in [0, 0.1) is 0 Å². The maximum absolute atomic E-state index is 13.7. The Morgan fingerprint density at radius 2 is 1.88 bits per heavy atom. The minimum atomic E-state index is -4.09. The molecule has 0 N–H and O–H groups in total. The molecule has 32 heavy (non-hydrogen) atoms. The summed E-state index contributed by atoms with van der Waals surface area (Å²) in [6.07, 6.45) is 0. The first-order valence-electron chi connectivity index (χ1n) is 9.68. The highest BCUT2D eigenvalue weighted by Gasteiger charge is 2.32. The summed E-state index contributed by atoms with van der Waals surface area (Å²) in [7, 11) is -2.84. The van der Waals surface area contributed by atoms with Gasteiger partial charge in [0.1, 0.15) is 18.4 Å². The molecule has 0 atom stereocenters. The van der Waals surface area contributed by atoms with Gasteiger partial charge in [0.25, 0.3) is 10.0 Å². The summed E-state index contributed by atoms with van der Waals surface area (Å²) in [6.45, 7) is 3.60. The van der Waals surface area contributed by atoms with Gasteiger partial charge in [-0.3, -0.25) is 0 Å². The van der Waals surface area contributed by atoms with Gasteiger partial charge in [0.05, 0.1) is 35.3 Å². The Morgan fingerprint density at radius 1 is 1.16 bits per heavy atom. The fourth-order valence-electron chi connectivity index (χ4n) is 3.32. The van der Waals surface area contributed by atoms with E-state index in [4.69, 9.17) is 30.5 Å². The maximum atomic E-state index is 13.7. The zero-order chi connectivity index (χ0) is 23.1. The molecule has 0 radical (unpaired) electrons. The van der Waals surface area contributed by atoms with E-state index in [1.165, 1.54) is 39.2 Å². The number of carbonyl (C=O) groups is 1. The van der Waals surface area contributed by atoms with E-state index < -0.39 is 21.6 Å². The summed E-state index contributed by atoms with van der Waals surface area (Å²) in [5.74, 6) is 0.236. The lowest BCUT2D eigenvalue weighted by atomic mass is 10.1. The molecular formula is C21H21ClN2O7S. The van der Waals surface area contributed by atoms with Crippen molar-refractivity contribution >= 4 is 38.6 Å². The van der Waals surface area contributed by atoms with Crippen LogP contribution in [0.1, 0.15) is 19.5 Å². The van der Waals surface area contributed by atoms with Crippen LogP contribution in [0.4, 0.5) is 0 Å². The van der Waals surface area contributed by atoms with Crippen molar-refractivity contribution in [2.75, 3.05) is 20.3 Å². The lowest BCUT2D eigenvalue weighted by Gasteiger charge is -2.23. The van der Waals surface area contributed by atoms with Gasteiger partial charge in [0.2, 0.25) is 0 Å². The molecule has 0 unspecified atom stereocenters. The first-order valence-corrected chi connectivity index (χ1v) is 11.5. The third kappa shape index (κ3) is 4.01. The highest BCUT2D eigenvalue weighted by atomic mass is 35.5. The number of hydrogen-bond donors (Lipinski definition) is 0. The molecule has 0 saturated carbocycles. The Labute approximate surface area is 189 Å². The van der Waals surface area contributed by atoms with Crippen LogP contribution < -0.4 is 9.47 Å². The first kappa shape index (κ1) is 22.4. The van der Waals surface area contributed by atoms with Crippen molar-refractivity contribution < 1.29 is 32.2 Å². The zero-order valence-corrected chi connectivity index (χ0v) is 19.2. The van der Waals surface area contributed by atoms with Crippen LogP contribution in [0.15, 0.2) is 41.3 Å². The second kappa shape index (κ2) is 8.27. The third-order valence-corrected chi connectivity index (χ3v) is 6.93. The number of nitrogens with zero attached hydrogens (tertiary/aromatic N) is 2. The van der Waals surface area contributed by atoms with Gasteiger partial charge in [-0.2, -0.15) is 0 Å². The van der Waals surface area contributed by atoms with Crippen LogP contribution >= 0.6 is 11.6 Å². The number of benzene rings is 1. The van der Waals surface area contributed by atoms with Crippen LogP contribution in [-0.2, 0) is 30.9 Å². The van der Waals surface area contributed by atoms with Crippen molar-refractivity contribution in [3.8, 4) is 11.5 Å². The zero-order valence-electron chi connectivity index (χ0n) is 17.6. The Kier molecular flexibility index (Phi) is 5.78. The molecule has 170 valence electrons. The van der Waals surface area contributed by atoms with E-state index in [9.17, 15) is 13.2 Å². The van der Waals surface area contributed by atoms with E-state index in [0.717, 1.165) is 3.97 Å². The Morgan fingerprint density at radius 3 is 2.59 bits per heavy atom. The molecule has 11 heteroatoms. The average molecular weight is 481 g/mol. The van der Waals surface area contributed by atoms with E-state index in [-0.39, 0.29) is 22.3 Å². The molecule has 1 aromatic carbocycles. The van der Waals surface area contributed by atoms with Gasteiger partial charge < -0.3 is 18.9 Å². The van der Waals surface area contributed by atoms with Gasteiger partial charge in [-0.15, -0.1) is 0 Å². The molecule has 0 bridgehead atoms. The maximum Gasteiger partial charge on any atom is 0.337 e. The number of aromatic nitrogens is 2. The fraction of sp³-hybridized carbons (Fsp3) is 0.333. The molecule has 9 nitrogen and oxygen atoms in total. The van der Waals surface area contributed by atoms with E-state index in [1.54, 1.807) is 18.2 Å². The van der Waals surface area contributed by atoms with Crippen LogP contribution in [0.25, 0.3) is 11.0 Å². The number of halogens is 1. The number of hydrogen-bond acceptors (Lipinski definition) is 8. The summed E-state index contributed by atoms with van der Waals surface area (Å²) in [5.41, 5.74) is -0.338. The van der Waals surface area contributed by atoms with Crippen LogP contribution in [0.3, 0.4) is 0 Å². The Balaban J connectivity index is 1.81. The quantitative estimate of drug-likeness (QED) is 0.391. The normalized spacial score (nSPS) is 13.9. The molecule has 4 rings (SSSR count). The molecule has 3 aromatic rings. The van der Waals surface area contributed by atoms with Crippen molar-refractivity contribution in [1.82, 2.24) is 8.96 Å². The molecular weight excluding hydrogens is 460 g/mol. The SMILES string of the molecule is COC(=O)C(C)(C)OCc1cc2nc(Cl)ccc2n1S(=O)(=O)c1ccc2c(c1)OCCO2. The molecule has 0 spiro atoms. The van der Waals surface area contributed by atoms with Crippen LogP contribution in [-0.4, -0.2) is 49.3 Å². The van der Waals surface area contributed by atoms with E-state index in [1.807, 2.05) is 0 Å². The van der Waals surface area contributed by atoms with Gasteiger partial charge in [-0.25, -0.2) is 22.2 Å². The predicted molar refractivity (Wildman–Crippen MR) is 116 cm³/mol. The standard InChI is InChI=1S/C21H21ClN2O7S/c1-21(2,20(25)28-3)31-12-13-10-15-16(5-7-19(22)23-15)24(13)32(26,27)14-4-6-17-18(11-14)30-9-8-29-17/h4-7,10-11H,8-9,12H2,1-3H3. The molecule has 0 aliphatic carbocycles. The summed E-state index contributed by atoms with van der Waals surface area (Å²) in [5, 5.41) is 0.216. The lowest BCUT2D eigenvalue weighted by Crippen LogP contribution is -2.36. The minimum absolute atomic E-state index is 0.00248. The summed E-state index contributed by atoms with van der Waals surface area (Å²) < 4.78 is 50.0. The molecule has 1 aliphatic heterocycles. The Hall–Kier alpha value is -2.82. The van der Waals surface area contributed by atoms with Crippen molar-refractivity contribution in [1.29, 1.82) is 0 Å². The van der Waals surface area contributed by atoms with Gasteiger partial charge in [-0.05, 0) is 44.2 Å². The highest BCUT2D eigenvalue weighted by Crippen LogP contribution is 2.34. The third-order valence-electron chi connectivity index (χ3n) is 4.96. The number of esters is 1. The number of fused-ring (bicyclic) bond motifs is 2. The molecule has 3 heterocycles. The first-order chi connectivity index (χ1) is 15.1. The van der Waals surface area contributed by atoms with Crippen LogP contribution in [0.2, 0.25) is 5.15 Å². The van der Waals surface area contributed by atoms with E-state index in [0.29, 0.717) is 35.7 Å². The van der Waals surface area contributed by atoms with E-state index >= 15 is 0 Å². The highest BCUT2D eigenvalue weighted by molar-refractivity contribution is 7.90. The molecule has 2 aromatic heterocycles. The lowest BCUT2D eigenvalue weighted by molar-refractivity contribution is -0.166. The second-order valence-corrected chi connectivity index (χ2v) is 9.71. The number of rotatable bonds is 6. The molecule has 0 saturated heterocycles. The average Bonchev–Trinajstić information content (AvgIpc) is 3.15. The monoisotopic (exact) mass is 480 g/mol. The number of pyridine rings is 1. The minimum Gasteiger partial charge on any atom is -0.486 e. The van der Waals surface area contributed by atoms with Crippen molar-refractivity contribution in [2.45, 2.75) is 31.0 Å². The molecule has 0 fully saturated rings. The van der Waals surface area contributed by atoms with Crippen molar-refractivity contribution in [3.05, 3.63) is 47.2 Å². The molecule has 1 aliphatic rings. The van der Waals surface area contributed by atoms with E-state index in [2.05, 4.69) is 4.98 Å². The number of carbonyl (C=O) groups excluding carboxylic acids is 1. The number of methoxy groups -OCH3 is 1. The summed E-state index contributed by atoms with van der Waals surface area (Å²) in [6, 6.07) is 9.05. The van der Waals surface area contributed by atoms with Gasteiger partial charge in [0, 0.05) is 6.07 Å². The summed E-state index contributed by atoms with van der Waals surface area (Å²) >= 11 is 6.01.